The molecule has 2 heterocycles. The van der Waals surface area contributed by atoms with Gasteiger partial charge in [0.1, 0.15) is 0 Å². The fourth-order valence-corrected chi connectivity index (χ4v) is 6.14. The van der Waals surface area contributed by atoms with Crippen molar-refractivity contribution in [2.45, 2.75) is 37.0 Å². The number of piperidine rings is 1. The van der Waals surface area contributed by atoms with Gasteiger partial charge in [0, 0.05) is 25.1 Å². The van der Waals surface area contributed by atoms with Crippen LogP contribution in [0.5, 0.6) is 0 Å². The Labute approximate surface area is 196 Å². The quantitative estimate of drug-likeness (QED) is 0.522. The van der Waals surface area contributed by atoms with Crippen molar-refractivity contribution >= 4 is 44.0 Å². The zero-order valence-electron chi connectivity index (χ0n) is 17.3. The van der Waals surface area contributed by atoms with E-state index >= 15 is 0 Å². The summed E-state index contributed by atoms with van der Waals surface area (Å²) >= 11 is 7.44. The van der Waals surface area contributed by atoms with Gasteiger partial charge >= 0.3 is 0 Å². The number of amides is 1. The van der Waals surface area contributed by atoms with Gasteiger partial charge < -0.3 is 5.32 Å². The third kappa shape index (κ3) is 5.35. The number of aryl methyl sites for hydroxylation is 1. The van der Waals surface area contributed by atoms with Crippen LogP contribution in [0.3, 0.4) is 0 Å². The van der Waals surface area contributed by atoms with Crippen LogP contribution in [-0.4, -0.2) is 41.9 Å². The van der Waals surface area contributed by atoms with Crippen LogP contribution in [0.15, 0.2) is 53.4 Å². The summed E-state index contributed by atoms with van der Waals surface area (Å²) in [4.78, 5) is 12.6. The number of nitrogens with one attached hydrogen (secondary N) is 1. The monoisotopic (exact) mass is 490 g/mol. The molecule has 1 N–H and O–H groups in total. The number of benzene rings is 2. The Hall–Kier alpha value is -2.33. The number of aromatic nitrogens is 2. The summed E-state index contributed by atoms with van der Waals surface area (Å²) in [6.07, 6.45) is 3.62. The highest BCUT2D eigenvalue weighted by Gasteiger charge is 2.25. The molecular weight excluding hydrogens is 468 g/mol. The van der Waals surface area contributed by atoms with Crippen LogP contribution in [-0.2, 0) is 21.2 Å². The molecule has 3 aromatic rings. The van der Waals surface area contributed by atoms with Gasteiger partial charge in [0.15, 0.2) is 5.01 Å². The van der Waals surface area contributed by atoms with Crippen molar-refractivity contribution in [2.24, 2.45) is 0 Å². The molecule has 1 amide bonds. The van der Waals surface area contributed by atoms with E-state index < -0.39 is 10.0 Å². The number of anilines is 1. The van der Waals surface area contributed by atoms with E-state index in [-0.39, 0.29) is 12.3 Å². The van der Waals surface area contributed by atoms with E-state index in [4.69, 9.17) is 11.6 Å². The lowest BCUT2D eigenvalue weighted by molar-refractivity contribution is -0.116. The van der Waals surface area contributed by atoms with Gasteiger partial charge in [-0.3, -0.25) is 4.79 Å². The lowest BCUT2D eigenvalue weighted by atomic mass is 10.1. The number of halogens is 1. The number of carbonyl (C=O) groups is 1. The Kier molecular flexibility index (Phi) is 7.20. The van der Waals surface area contributed by atoms with Crippen LogP contribution in [0.25, 0.3) is 10.6 Å². The minimum Gasteiger partial charge on any atom is -0.301 e. The van der Waals surface area contributed by atoms with E-state index in [1.54, 1.807) is 34.6 Å². The van der Waals surface area contributed by atoms with Gasteiger partial charge in [-0.25, -0.2) is 8.42 Å². The maximum atomic E-state index is 12.7. The second-order valence-corrected chi connectivity index (χ2v) is 10.9. The average molecular weight is 491 g/mol. The minimum atomic E-state index is -3.44. The molecular formula is C22H23ClN4O3S2. The molecule has 10 heteroatoms. The highest BCUT2D eigenvalue weighted by molar-refractivity contribution is 7.89. The van der Waals surface area contributed by atoms with Crippen LogP contribution in [0.1, 0.15) is 31.2 Å². The number of rotatable bonds is 7. The van der Waals surface area contributed by atoms with Gasteiger partial charge in [-0.15, -0.1) is 10.2 Å². The molecule has 32 heavy (non-hydrogen) atoms. The molecule has 1 aromatic heterocycles. The highest BCUT2D eigenvalue weighted by Crippen LogP contribution is 2.31. The third-order valence-electron chi connectivity index (χ3n) is 5.29. The van der Waals surface area contributed by atoms with Crippen molar-refractivity contribution in [1.29, 1.82) is 0 Å². The molecule has 0 saturated carbocycles. The zero-order chi connectivity index (χ0) is 22.6. The van der Waals surface area contributed by atoms with E-state index in [0.717, 1.165) is 30.4 Å². The summed E-state index contributed by atoms with van der Waals surface area (Å²) in [7, 11) is -3.44. The van der Waals surface area contributed by atoms with Crippen molar-refractivity contribution in [3.63, 3.8) is 0 Å². The van der Waals surface area contributed by atoms with Gasteiger partial charge in [-0.2, -0.15) is 4.31 Å². The largest absolute Gasteiger partial charge is 0.301 e. The topological polar surface area (TPSA) is 92.3 Å². The predicted molar refractivity (Wildman–Crippen MR) is 126 cm³/mol. The zero-order valence-corrected chi connectivity index (χ0v) is 19.7. The number of hydrogen-bond acceptors (Lipinski definition) is 6. The van der Waals surface area contributed by atoms with Crippen molar-refractivity contribution in [3.8, 4) is 10.6 Å². The predicted octanol–water partition coefficient (Wildman–Crippen LogP) is 4.60. The van der Waals surface area contributed by atoms with Gasteiger partial charge in [-0.1, -0.05) is 59.7 Å². The molecule has 1 fully saturated rings. The van der Waals surface area contributed by atoms with E-state index in [0.29, 0.717) is 39.6 Å². The van der Waals surface area contributed by atoms with Crippen molar-refractivity contribution in [3.05, 3.63) is 59.1 Å². The summed E-state index contributed by atoms with van der Waals surface area (Å²) < 4.78 is 27.0. The van der Waals surface area contributed by atoms with E-state index in [2.05, 4.69) is 15.5 Å². The van der Waals surface area contributed by atoms with Crippen LogP contribution in [0, 0.1) is 0 Å². The lowest BCUT2D eigenvalue weighted by Gasteiger charge is -2.25. The fourth-order valence-electron chi connectivity index (χ4n) is 3.54. The van der Waals surface area contributed by atoms with Gasteiger partial charge in [-0.05, 0) is 43.0 Å². The van der Waals surface area contributed by atoms with Crippen LogP contribution in [0.4, 0.5) is 5.13 Å². The lowest BCUT2D eigenvalue weighted by Crippen LogP contribution is -2.35. The summed E-state index contributed by atoms with van der Waals surface area (Å²) in [5.41, 5.74) is 1.67. The number of carbonyl (C=O) groups excluding carboxylic acids is 1. The molecule has 1 saturated heterocycles. The Morgan fingerprint density at radius 3 is 2.47 bits per heavy atom. The second kappa shape index (κ2) is 10.1. The minimum absolute atomic E-state index is 0.183. The van der Waals surface area contributed by atoms with Gasteiger partial charge in [0.2, 0.25) is 21.1 Å². The molecule has 168 valence electrons. The molecule has 4 rings (SSSR count). The molecule has 2 aromatic carbocycles. The summed E-state index contributed by atoms with van der Waals surface area (Å²) in [5, 5.41) is 12.5. The number of nitrogens with zero attached hydrogens (tertiary/aromatic N) is 3. The van der Waals surface area contributed by atoms with Gasteiger partial charge in [0.25, 0.3) is 0 Å². The summed E-state index contributed by atoms with van der Waals surface area (Å²) in [6, 6.07) is 14.1. The molecule has 0 spiro atoms. The summed E-state index contributed by atoms with van der Waals surface area (Å²) in [6.45, 7) is 1.15. The first-order valence-corrected chi connectivity index (χ1v) is 13.0. The molecule has 0 bridgehead atoms. The summed E-state index contributed by atoms with van der Waals surface area (Å²) in [5.74, 6) is -0.183. The number of sulfonamides is 1. The normalized spacial score (nSPS) is 14.9. The first kappa shape index (κ1) is 22.8. The molecule has 0 unspecified atom stereocenters. The van der Waals surface area contributed by atoms with E-state index in [1.807, 2.05) is 18.2 Å². The van der Waals surface area contributed by atoms with E-state index in [9.17, 15) is 13.2 Å². The molecule has 0 aliphatic carbocycles. The van der Waals surface area contributed by atoms with Crippen LogP contribution < -0.4 is 5.32 Å². The molecule has 7 nitrogen and oxygen atoms in total. The average Bonchev–Trinajstić information content (AvgIpc) is 3.27. The Balaban J connectivity index is 1.32. The SMILES string of the molecule is O=C(CCc1ccc(S(=O)(=O)N2CCCCC2)cc1)Nc1nnc(-c2ccccc2Cl)s1. The standard InChI is InChI=1S/C22H23ClN4O3S2/c23-19-7-3-2-6-18(19)21-25-26-22(31-21)24-20(28)13-10-16-8-11-17(12-9-16)32(29,30)27-14-4-1-5-15-27/h2-3,6-9,11-12H,1,4-5,10,13-15H2,(H,24,26,28). The molecule has 1 aliphatic rings. The third-order valence-corrected chi connectivity index (χ3v) is 8.41. The second-order valence-electron chi connectivity index (χ2n) is 7.55. The molecule has 0 atom stereocenters. The Bertz CT molecular complexity index is 1190. The van der Waals surface area contributed by atoms with E-state index in [1.165, 1.54) is 11.3 Å². The van der Waals surface area contributed by atoms with Crippen molar-refractivity contribution in [1.82, 2.24) is 14.5 Å². The molecule has 1 aliphatic heterocycles. The maximum Gasteiger partial charge on any atom is 0.243 e. The van der Waals surface area contributed by atoms with Crippen molar-refractivity contribution in [2.75, 3.05) is 18.4 Å². The maximum absolute atomic E-state index is 12.7. The van der Waals surface area contributed by atoms with Crippen molar-refractivity contribution < 1.29 is 13.2 Å². The highest BCUT2D eigenvalue weighted by atomic mass is 35.5. The Morgan fingerprint density at radius 2 is 1.75 bits per heavy atom. The first-order chi connectivity index (χ1) is 15.4. The smallest absolute Gasteiger partial charge is 0.243 e. The van der Waals surface area contributed by atoms with Crippen LogP contribution in [0.2, 0.25) is 5.02 Å². The number of hydrogen-bond donors (Lipinski definition) is 1. The fraction of sp³-hybridized carbons (Fsp3) is 0.318. The van der Waals surface area contributed by atoms with Crippen LogP contribution >= 0.6 is 22.9 Å². The van der Waals surface area contributed by atoms with Gasteiger partial charge in [0.05, 0.1) is 9.92 Å². The first-order valence-electron chi connectivity index (χ1n) is 10.4. The molecule has 0 radical (unpaired) electrons. The Morgan fingerprint density at radius 1 is 1.03 bits per heavy atom.